The highest BCUT2D eigenvalue weighted by atomic mass is 35.5. The van der Waals surface area contributed by atoms with E-state index in [9.17, 15) is 4.79 Å². The minimum Gasteiger partial charge on any atom is -0.343 e. The molecule has 0 spiro atoms. The summed E-state index contributed by atoms with van der Waals surface area (Å²) in [5.74, 6) is 3.37. The van der Waals surface area contributed by atoms with E-state index in [1.807, 2.05) is 0 Å². The molecule has 2 fully saturated rings. The van der Waals surface area contributed by atoms with Crippen molar-refractivity contribution >= 4 is 18.3 Å². The van der Waals surface area contributed by atoms with Crippen molar-refractivity contribution in [1.29, 1.82) is 0 Å². The number of likely N-dealkylation sites (tertiary alicyclic amines) is 1. The van der Waals surface area contributed by atoms with Gasteiger partial charge in [0, 0.05) is 19.5 Å². The summed E-state index contributed by atoms with van der Waals surface area (Å²) in [5.41, 5.74) is 0. The predicted octanol–water partition coefficient (Wildman–Crippen LogP) is 4.11. The summed E-state index contributed by atoms with van der Waals surface area (Å²) in [6.45, 7) is 11.2. The molecule has 1 unspecified atom stereocenters. The minimum atomic E-state index is 0. The molecule has 0 aromatic rings. The fourth-order valence-corrected chi connectivity index (χ4v) is 4.02. The van der Waals surface area contributed by atoms with E-state index in [2.05, 4.69) is 31.0 Å². The van der Waals surface area contributed by atoms with E-state index in [1.165, 1.54) is 38.5 Å². The number of amides is 1. The normalized spacial score (nSPS) is 22.0. The molecule has 23 heavy (non-hydrogen) atoms. The topological polar surface area (TPSA) is 32.3 Å². The Morgan fingerprint density at radius 3 is 2.26 bits per heavy atom. The third-order valence-corrected chi connectivity index (χ3v) is 5.80. The number of piperidine rings is 2. The van der Waals surface area contributed by atoms with Crippen molar-refractivity contribution in [3.05, 3.63) is 0 Å². The zero-order valence-electron chi connectivity index (χ0n) is 15.4. The van der Waals surface area contributed by atoms with Crippen molar-refractivity contribution in [2.24, 2.45) is 23.7 Å². The molecule has 0 aromatic heterocycles. The highest BCUT2D eigenvalue weighted by molar-refractivity contribution is 5.85. The Labute approximate surface area is 149 Å². The lowest BCUT2D eigenvalue weighted by Gasteiger charge is -2.34. The van der Waals surface area contributed by atoms with Gasteiger partial charge in [-0.1, -0.05) is 33.6 Å². The number of carbonyl (C=O) groups excluding carboxylic acids is 1. The van der Waals surface area contributed by atoms with Gasteiger partial charge < -0.3 is 10.2 Å². The van der Waals surface area contributed by atoms with Crippen LogP contribution in [0.4, 0.5) is 0 Å². The van der Waals surface area contributed by atoms with Gasteiger partial charge in [-0.05, 0) is 62.4 Å². The summed E-state index contributed by atoms with van der Waals surface area (Å²) in [4.78, 5) is 14.7. The molecule has 0 saturated carbocycles. The second kappa shape index (κ2) is 10.6. The first-order valence-electron chi connectivity index (χ1n) is 9.54. The second-order valence-corrected chi connectivity index (χ2v) is 8.06. The van der Waals surface area contributed by atoms with Gasteiger partial charge in [0.05, 0.1) is 0 Å². The zero-order chi connectivity index (χ0) is 15.9. The molecular weight excluding hydrogens is 308 g/mol. The van der Waals surface area contributed by atoms with Crippen molar-refractivity contribution in [3.8, 4) is 0 Å². The Kier molecular flexibility index (Phi) is 9.53. The maximum atomic E-state index is 12.5. The van der Waals surface area contributed by atoms with E-state index in [1.54, 1.807) is 0 Å². The maximum Gasteiger partial charge on any atom is 0.222 e. The number of halogens is 1. The molecule has 0 radical (unpaired) electrons. The van der Waals surface area contributed by atoms with E-state index in [4.69, 9.17) is 0 Å². The van der Waals surface area contributed by atoms with Gasteiger partial charge in [-0.25, -0.2) is 0 Å². The van der Waals surface area contributed by atoms with Crippen molar-refractivity contribution in [3.63, 3.8) is 0 Å². The molecule has 136 valence electrons. The van der Waals surface area contributed by atoms with Crippen LogP contribution in [0.25, 0.3) is 0 Å². The highest BCUT2D eigenvalue weighted by Gasteiger charge is 2.27. The Balaban J connectivity index is 0.00000264. The van der Waals surface area contributed by atoms with Gasteiger partial charge in [0.2, 0.25) is 5.91 Å². The first-order chi connectivity index (χ1) is 10.6. The molecule has 2 aliphatic heterocycles. The van der Waals surface area contributed by atoms with Crippen LogP contribution in [0.3, 0.4) is 0 Å². The molecule has 2 rings (SSSR count). The lowest BCUT2D eigenvalue weighted by molar-refractivity contribution is -0.134. The lowest BCUT2D eigenvalue weighted by atomic mass is 9.83. The van der Waals surface area contributed by atoms with Crippen LogP contribution < -0.4 is 5.32 Å². The monoisotopic (exact) mass is 344 g/mol. The van der Waals surface area contributed by atoms with Gasteiger partial charge in [0.15, 0.2) is 0 Å². The largest absolute Gasteiger partial charge is 0.343 e. The molecule has 0 bridgehead atoms. The Morgan fingerprint density at radius 1 is 1.09 bits per heavy atom. The van der Waals surface area contributed by atoms with E-state index < -0.39 is 0 Å². The van der Waals surface area contributed by atoms with Gasteiger partial charge in [0.25, 0.3) is 0 Å². The highest BCUT2D eigenvalue weighted by Crippen LogP contribution is 2.27. The Hall–Kier alpha value is -0.280. The van der Waals surface area contributed by atoms with Crippen LogP contribution in [-0.2, 0) is 4.79 Å². The smallest absolute Gasteiger partial charge is 0.222 e. The maximum absolute atomic E-state index is 12.5. The van der Waals surface area contributed by atoms with Crippen molar-refractivity contribution < 1.29 is 4.79 Å². The fourth-order valence-electron chi connectivity index (χ4n) is 4.02. The second-order valence-electron chi connectivity index (χ2n) is 8.06. The zero-order valence-corrected chi connectivity index (χ0v) is 16.2. The lowest BCUT2D eigenvalue weighted by Crippen LogP contribution is -2.40. The number of nitrogens with zero attached hydrogens (tertiary/aromatic N) is 1. The van der Waals surface area contributed by atoms with Gasteiger partial charge in [0.1, 0.15) is 0 Å². The quantitative estimate of drug-likeness (QED) is 0.786. The van der Waals surface area contributed by atoms with Gasteiger partial charge >= 0.3 is 0 Å². The first-order valence-corrected chi connectivity index (χ1v) is 9.54. The van der Waals surface area contributed by atoms with Gasteiger partial charge in [-0.15, -0.1) is 12.4 Å². The molecule has 2 aliphatic rings. The number of rotatable bonds is 6. The number of hydrogen-bond acceptors (Lipinski definition) is 2. The summed E-state index contributed by atoms with van der Waals surface area (Å²) in [6, 6.07) is 0. The minimum absolute atomic E-state index is 0. The van der Waals surface area contributed by atoms with Crippen molar-refractivity contribution in [2.45, 2.75) is 65.7 Å². The van der Waals surface area contributed by atoms with Crippen molar-refractivity contribution in [1.82, 2.24) is 10.2 Å². The first kappa shape index (κ1) is 20.8. The summed E-state index contributed by atoms with van der Waals surface area (Å²) in [6.07, 6.45) is 8.38. The predicted molar refractivity (Wildman–Crippen MR) is 100.0 cm³/mol. The molecule has 3 nitrogen and oxygen atoms in total. The van der Waals surface area contributed by atoms with Crippen LogP contribution in [0.5, 0.6) is 0 Å². The van der Waals surface area contributed by atoms with Crippen LogP contribution in [0.2, 0.25) is 0 Å². The fraction of sp³-hybridized carbons (Fsp3) is 0.947. The number of hydrogen-bond donors (Lipinski definition) is 1. The summed E-state index contributed by atoms with van der Waals surface area (Å²) in [7, 11) is 0. The third-order valence-electron chi connectivity index (χ3n) is 5.80. The summed E-state index contributed by atoms with van der Waals surface area (Å²) < 4.78 is 0. The number of carbonyl (C=O) groups is 1. The van der Waals surface area contributed by atoms with E-state index >= 15 is 0 Å². The van der Waals surface area contributed by atoms with E-state index in [0.717, 1.165) is 50.4 Å². The summed E-state index contributed by atoms with van der Waals surface area (Å²) >= 11 is 0. The molecular formula is C19H37ClN2O. The van der Waals surface area contributed by atoms with Gasteiger partial charge in [-0.2, -0.15) is 0 Å². The SMILES string of the molecule is CC(C)CCC1CCN(C(=O)CC(C)C2CCNCC2)CC1.Cl. The molecule has 4 heteroatoms. The van der Waals surface area contributed by atoms with Crippen LogP contribution >= 0.6 is 12.4 Å². The van der Waals surface area contributed by atoms with E-state index in [-0.39, 0.29) is 12.4 Å². The molecule has 2 heterocycles. The van der Waals surface area contributed by atoms with Crippen molar-refractivity contribution in [2.75, 3.05) is 26.2 Å². The molecule has 0 aromatic carbocycles. The molecule has 2 saturated heterocycles. The Morgan fingerprint density at radius 2 is 1.70 bits per heavy atom. The van der Waals surface area contributed by atoms with Crippen LogP contribution in [-0.4, -0.2) is 37.0 Å². The van der Waals surface area contributed by atoms with E-state index in [0.29, 0.717) is 11.8 Å². The van der Waals surface area contributed by atoms with Crippen LogP contribution in [0.15, 0.2) is 0 Å². The number of nitrogens with one attached hydrogen (secondary N) is 1. The third kappa shape index (κ3) is 7.01. The average Bonchev–Trinajstić information content (AvgIpc) is 2.54. The molecule has 1 atom stereocenters. The van der Waals surface area contributed by atoms with Crippen LogP contribution in [0.1, 0.15) is 65.7 Å². The molecule has 1 N–H and O–H groups in total. The summed E-state index contributed by atoms with van der Waals surface area (Å²) in [5, 5.41) is 3.42. The standard InChI is InChI=1S/C19H36N2O.ClH/c1-15(2)4-5-17-8-12-21(13-9-17)19(22)14-16(3)18-6-10-20-11-7-18;/h15-18,20H,4-14H2,1-3H3;1H. The molecule has 0 aliphatic carbocycles. The van der Waals surface area contributed by atoms with Crippen LogP contribution in [0, 0.1) is 23.7 Å². The molecule has 1 amide bonds. The Bertz CT molecular complexity index is 334. The van der Waals surface area contributed by atoms with Gasteiger partial charge in [-0.3, -0.25) is 4.79 Å². The average molecular weight is 345 g/mol.